The van der Waals surface area contributed by atoms with Crippen molar-refractivity contribution in [3.05, 3.63) is 58.1 Å². The first-order valence-corrected chi connectivity index (χ1v) is 6.18. The Morgan fingerprint density at radius 2 is 1.95 bits per heavy atom. The molecule has 0 saturated carbocycles. The van der Waals surface area contributed by atoms with E-state index in [1.165, 1.54) is 10.7 Å². The monoisotopic (exact) mass is 264 g/mol. The Morgan fingerprint density at radius 1 is 1.25 bits per heavy atom. The van der Waals surface area contributed by atoms with Crippen LogP contribution in [-0.4, -0.2) is 14.2 Å². The Hall–Kier alpha value is -2.87. The van der Waals surface area contributed by atoms with Gasteiger partial charge in [0, 0.05) is 12.7 Å². The van der Waals surface area contributed by atoms with Gasteiger partial charge in [0.05, 0.1) is 11.8 Å². The molecule has 0 aliphatic rings. The Bertz CT molecular complexity index is 897. The van der Waals surface area contributed by atoms with Crippen LogP contribution in [0.2, 0.25) is 0 Å². The van der Waals surface area contributed by atoms with E-state index in [0.29, 0.717) is 16.8 Å². The summed E-state index contributed by atoms with van der Waals surface area (Å²) >= 11 is 0. The molecular weight excluding hydrogens is 252 g/mol. The highest BCUT2D eigenvalue weighted by Gasteiger charge is 2.17. The summed E-state index contributed by atoms with van der Waals surface area (Å²) in [7, 11) is 1.83. The first-order chi connectivity index (χ1) is 9.65. The number of hydrogen-bond donors (Lipinski definition) is 0. The van der Waals surface area contributed by atoms with Gasteiger partial charge in [0.15, 0.2) is 5.65 Å². The molecule has 5 heteroatoms. The summed E-state index contributed by atoms with van der Waals surface area (Å²) in [6.45, 7) is 1.87. The van der Waals surface area contributed by atoms with Crippen LogP contribution in [0.1, 0.15) is 11.3 Å². The van der Waals surface area contributed by atoms with Gasteiger partial charge in [-0.25, -0.2) is 0 Å². The lowest BCUT2D eigenvalue weighted by Gasteiger charge is -2.12. The molecule has 2 heterocycles. The summed E-state index contributed by atoms with van der Waals surface area (Å²) in [5.41, 5.74) is 2.98. The SMILES string of the molecule is Cc1c(-c2ccccc2)c(=O)n2ncc(C#N)c2n1C. The van der Waals surface area contributed by atoms with Crippen molar-refractivity contribution < 1.29 is 0 Å². The second-order valence-corrected chi connectivity index (χ2v) is 4.60. The van der Waals surface area contributed by atoms with E-state index < -0.39 is 0 Å². The molecule has 98 valence electrons. The average Bonchev–Trinajstić information content (AvgIpc) is 2.90. The third-order valence-electron chi connectivity index (χ3n) is 3.52. The molecule has 0 spiro atoms. The number of aryl methyl sites for hydroxylation is 1. The molecule has 0 saturated heterocycles. The van der Waals surface area contributed by atoms with Gasteiger partial charge in [-0.05, 0) is 12.5 Å². The summed E-state index contributed by atoms with van der Waals surface area (Å²) in [5, 5.41) is 13.1. The first kappa shape index (κ1) is 12.2. The largest absolute Gasteiger partial charge is 0.331 e. The maximum Gasteiger partial charge on any atom is 0.282 e. The maximum absolute atomic E-state index is 12.6. The van der Waals surface area contributed by atoms with Gasteiger partial charge in [0.25, 0.3) is 5.56 Å². The third-order valence-corrected chi connectivity index (χ3v) is 3.52. The molecular formula is C15H12N4O. The molecule has 0 fully saturated rings. The molecule has 0 radical (unpaired) electrons. The molecule has 20 heavy (non-hydrogen) atoms. The molecule has 0 aliphatic heterocycles. The molecule has 0 unspecified atom stereocenters. The fraction of sp³-hybridized carbons (Fsp3) is 0.133. The molecule has 5 nitrogen and oxygen atoms in total. The molecule has 0 bridgehead atoms. The Morgan fingerprint density at radius 3 is 2.60 bits per heavy atom. The van der Waals surface area contributed by atoms with Gasteiger partial charge in [0.1, 0.15) is 11.6 Å². The van der Waals surface area contributed by atoms with Gasteiger partial charge in [-0.2, -0.15) is 14.9 Å². The lowest BCUT2D eigenvalue weighted by Crippen LogP contribution is -2.22. The van der Waals surface area contributed by atoms with E-state index in [2.05, 4.69) is 11.2 Å². The van der Waals surface area contributed by atoms with E-state index in [9.17, 15) is 4.79 Å². The fourth-order valence-electron chi connectivity index (χ4n) is 2.42. The fourth-order valence-corrected chi connectivity index (χ4v) is 2.42. The summed E-state index contributed by atoms with van der Waals surface area (Å²) in [6, 6.07) is 11.5. The van der Waals surface area contributed by atoms with E-state index in [-0.39, 0.29) is 5.56 Å². The number of benzene rings is 1. The van der Waals surface area contributed by atoms with Gasteiger partial charge in [-0.15, -0.1) is 0 Å². The van der Waals surface area contributed by atoms with Gasteiger partial charge in [0.2, 0.25) is 0 Å². The minimum absolute atomic E-state index is 0.205. The standard InChI is InChI=1S/C15H12N4O/c1-10-13(11-6-4-3-5-7-11)15(20)19-14(18(10)2)12(8-16)9-17-19/h3-7,9H,1-2H3. The predicted octanol–water partition coefficient (Wildman–Crippen LogP) is 1.88. The molecule has 0 N–H and O–H groups in total. The second-order valence-electron chi connectivity index (χ2n) is 4.60. The van der Waals surface area contributed by atoms with E-state index in [1.54, 1.807) is 0 Å². The predicted molar refractivity (Wildman–Crippen MR) is 75.3 cm³/mol. The zero-order valence-electron chi connectivity index (χ0n) is 11.2. The average molecular weight is 264 g/mol. The van der Waals surface area contributed by atoms with Crippen LogP contribution in [0.4, 0.5) is 0 Å². The minimum atomic E-state index is -0.205. The van der Waals surface area contributed by atoms with Gasteiger partial charge < -0.3 is 4.57 Å². The van der Waals surface area contributed by atoms with Crippen LogP contribution in [0.15, 0.2) is 41.3 Å². The third kappa shape index (κ3) is 1.55. The van der Waals surface area contributed by atoms with E-state index in [4.69, 9.17) is 5.26 Å². The molecule has 0 aliphatic carbocycles. The van der Waals surface area contributed by atoms with Crippen molar-refractivity contribution in [1.82, 2.24) is 14.2 Å². The number of nitrogens with zero attached hydrogens (tertiary/aromatic N) is 4. The zero-order valence-corrected chi connectivity index (χ0v) is 11.2. The van der Waals surface area contributed by atoms with Crippen LogP contribution < -0.4 is 5.56 Å². The highest BCUT2D eigenvalue weighted by molar-refractivity contribution is 5.68. The highest BCUT2D eigenvalue weighted by atomic mass is 16.1. The van der Waals surface area contributed by atoms with Crippen molar-refractivity contribution in [2.24, 2.45) is 7.05 Å². The number of aromatic nitrogens is 3. The van der Waals surface area contributed by atoms with Crippen molar-refractivity contribution in [1.29, 1.82) is 5.26 Å². The van der Waals surface area contributed by atoms with Crippen molar-refractivity contribution in [3.63, 3.8) is 0 Å². The van der Waals surface area contributed by atoms with Gasteiger partial charge in [-0.1, -0.05) is 30.3 Å². The topological polar surface area (TPSA) is 63.1 Å². The molecule has 0 atom stereocenters. The van der Waals surface area contributed by atoms with Crippen LogP contribution >= 0.6 is 0 Å². The van der Waals surface area contributed by atoms with Crippen molar-refractivity contribution in [2.45, 2.75) is 6.92 Å². The van der Waals surface area contributed by atoms with Crippen LogP contribution in [0, 0.1) is 18.3 Å². The van der Waals surface area contributed by atoms with Crippen LogP contribution in [0.3, 0.4) is 0 Å². The summed E-state index contributed by atoms with van der Waals surface area (Å²) in [4.78, 5) is 12.6. The van der Waals surface area contributed by atoms with Crippen molar-refractivity contribution >= 4 is 5.65 Å². The second kappa shape index (κ2) is 4.35. The highest BCUT2D eigenvalue weighted by Crippen LogP contribution is 2.21. The number of fused-ring (bicyclic) bond motifs is 1. The van der Waals surface area contributed by atoms with E-state index in [0.717, 1.165) is 11.3 Å². The Kier molecular flexibility index (Phi) is 2.65. The lowest BCUT2D eigenvalue weighted by molar-refractivity contribution is 0.802. The van der Waals surface area contributed by atoms with Crippen molar-refractivity contribution in [3.8, 4) is 17.2 Å². The molecule has 0 amide bonds. The van der Waals surface area contributed by atoms with E-state index >= 15 is 0 Å². The van der Waals surface area contributed by atoms with Gasteiger partial charge >= 0.3 is 0 Å². The number of nitriles is 1. The minimum Gasteiger partial charge on any atom is -0.331 e. The zero-order chi connectivity index (χ0) is 14.3. The molecule has 2 aromatic heterocycles. The van der Waals surface area contributed by atoms with Crippen LogP contribution in [0.25, 0.3) is 16.8 Å². The first-order valence-electron chi connectivity index (χ1n) is 6.18. The Balaban J connectivity index is 2.48. The molecule has 1 aromatic carbocycles. The lowest BCUT2D eigenvalue weighted by atomic mass is 10.1. The number of rotatable bonds is 1. The van der Waals surface area contributed by atoms with Crippen molar-refractivity contribution in [2.75, 3.05) is 0 Å². The van der Waals surface area contributed by atoms with Crippen LogP contribution in [-0.2, 0) is 7.05 Å². The quantitative estimate of drug-likeness (QED) is 0.674. The summed E-state index contributed by atoms with van der Waals surface area (Å²) in [5.74, 6) is 0. The maximum atomic E-state index is 12.6. The normalized spacial score (nSPS) is 10.7. The summed E-state index contributed by atoms with van der Waals surface area (Å²) in [6.07, 6.45) is 1.42. The smallest absolute Gasteiger partial charge is 0.282 e. The molecule has 3 aromatic rings. The van der Waals surface area contributed by atoms with Gasteiger partial charge in [-0.3, -0.25) is 4.79 Å². The van der Waals surface area contributed by atoms with E-state index in [1.807, 2.05) is 48.9 Å². The Labute approximate surface area is 115 Å². The molecule has 3 rings (SSSR count). The van der Waals surface area contributed by atoms with Crippen LogP contribution in [0.5, 0.6) is 0 Å². The summed E-state index contributed by atoms with van der Waals surface area (Å²) < 4.78 is 3.11. The number of hydrogen-bond acceptors (Lipinski definition) is 3.